The van der Waals surface area contributed by atoms with E-state index in [9.17, 15) is 4.79 Å². The Balaban J connectivity index is 2.65. The molecule has 1 heterocycles. The highest BCUT2D eigenvalue weighted by Gasteiger charge is 2.43. The third-order valence-corrected chi connectivity index (χ3v) is 3.47. The van der Waals surface area contributed by atoms with Crippen molar-refractivity contribution in [3.63, 3.8) is 0 Å². The van der Waals surface area contributed by atoms with Crippen LogP contribution in [-0.4, -0.2) is 6.09 Å². The van der Waals surface area contributed by atoms with Gasteiger partial charge in [0.15, 0.2) is 0 Å². The molecule has 0 aliphatic carbocycles. The molecule has 20 heavy (non-hydrogen) atoms. The molecule has 0 fully saturated rings. The smallest absolute Gasteiger partial charge is 0.413 e. The average Bonchev–Trinajstić information content (AvgIpc) is 2.34. The van der Waals surface area contributed by atoms with E-state index in [1.54, 1.807) is 12.1 Å². The van der Waals surface area contributed by atoms with Gasteiger partial charge in [0.1, 0.15) is 0 Å². The number of ether oxygens (including phenoxy) is 1. The van der Waals surface area contributed by atoms with E-state index in [-0.39, 0.29) is 11.8 Å². The molecule has 0 saturated carbocycles. The highest BCUT2D eigenvalue weighted by Crippen LogP contribution is 2.42. The molecule has 0 spiro atoms. The second-order valence-electron chi connectivity index (χ2n) is 5.52. The minimum Gasteiger partial charge on any atom is -0.425 e. The normalized spacial score (nSPS) is 20.9. The molecule has 106 valence electrons. The van der Waals surface area contributed by atoms with Gasteiger partial charge in [-0.05, 0) is 18.1 Å². The Morgan fingerprint density at radius 3 is 2.60 bits per heavy atom. The Bertz CT molecular complexity index is 598. The van der Waals surface area contributed by atoms with Crippen LogP contribution in [0, 0.1) is 23.7 Å². The molecule has 1 aromatic carbocycles. The second-order valence-corrected chi connectivity index (χ2v) is 5.96. The van der Waals surface area contributed by atoms with Gasteiger partial charge in [-0.3, -0.25) is 5.32 Å². The largest absolute Gasteiger partial charge is 0.425 e. The standard InChI is InChI=1S/C16H18ClNO2/c1-10(2)7-8-16(11(3)4)13-6-5-12(17)9-14(13)18-15(19)20-16/h5-6,9-11H,1-4H3,(H,18,19). The number of rotatable bonds is 1. The average molecular weight is 292 g/mol. The number of hydrogen-bond donors (Lipinski definition) is 1. The summed E-state index contributed by atoms with van der Waals surface area (Å²) in [6.45, 7) is 8.00. The van der Waals surface area contributed by atoms with Gasteiger partial charge >= 0.3 is 6.09 Å². The van der Waals surface area contributed by atoms with Crippen molar-refractivity contribution in [2.45, 2.75) is 33.3 Å². The molecule has 0 aromatic heterocycles. The van der Waals surface area contributed by atoms with E-state index in [0.29, 0.717) is 10.7 Å². The summed E-state index contributed by atoms with van der Waals surface area (Å²) in [5, 5.41) is 3.25. The molecule has 1 unspecified atom stereocenters. The lowest BCUT2D eigenvalue weighted by molar-refractivity contribution is 0.0223. The minimum absolute atomic E-state index is 0.0275. The van der Waals surface area contributed by atoms with Gasteiger partial charge in [0.2, 0.25) is 5.60 Å². The van der Waals surface area contributed by atoms with Crippen molar-refractivity contribution in [2.75, 3.05) is 5.32 Å². The summed E-state index contributed by atoms with van der Waals surface area (Å²) < 4.78 is 5.59. The first-order chi connectivity index (χ1) is 9.35. The quantitative estimate of drug-likeness (QED) is 0.778. The molecular weight excluding hydrogens is 274 g/mol. The van der Waals surface area contributed by atoms with Gasteiger partial charge < -0.3 is 4.74 Å². The number of amides is 1. The van der Waals surface area contributed by atoms with E-state index in [4.69, 9.17) is 16.3 Å². The van der Waals surface area contributed by atoms with Gasteiger partial charge in [0.05, 0.1) is 5.69 Å². The van der Waals surface area contributed by atoms with Gasteiger partial charge in [0, 0.05) is 22.4 Å². The lowest BCUT2D eigenvalue weighted by Gasteiger charge is -2.37. The third-order valence-electron chi connectivity index (χ3n) is 3.23. The number of cyclic esters (lactones) is 1. The van der Waals surface area contributed by atoms with E-state index >= 15 is 0 Å². The van der Waals surface area contributed by atoms with Crippen LogP contribution in [0.4, 0.5) is 10.5 Å². The maximum absolute atomic E-state index is 11.9. The van der Waals surface area contributed by atoms with Crippen LogP contribution in [0.15, 0.2) is 18.2 Å². The molecular formula is C16H18ClNO2. The molecule has 0 saturated heterocycles. The highest BCUT2D eigenvalue weighted by atomic mass is 35.5. The van der Waals surface area contributed by atoms with Gasteiger partial charge in [-0.25, -0.2) is 4.79 Å². The van der Waals surface area contributed by atoms with Crippen LogP contribution >= 0.6 is 11.6 Å². The fourth-order valence-corrected chi connectivity index (χ4v) is 2.37. The van der Waals surface area contributed by atoms with Gasteiger partial charge in [0.25, 0.3) is 0 Å². The summed E-state index contributed by atoms with van der Waals surface area (Å²) >= 11 is 6.00. The van der Waals surface area contributed by atoms with E-state index in [2.05, 4.69) is 17.2 Å². The van der Waals surface area contributed by atoms with Crippen molar-refractivity contribution in [3.05, 3.63) is 28.8 Å². The van der Waals surface area contributed by atoms with Crippen LogP contribution < -0.4 is 5.32 Å². The summed E-state index contributed by atoms with van der Waals surface area (Å²) in [6.07, 6.45) is -0.494. The minimum atomic E-state index is -0.924. The Labute approximate surface area is 124 Å². The summed E-state index contributed by atoms with van der Waals surface area (Å²) in [7, 11) is 0. The molecule has 1 atom stereocenters. The van der Waals surface area contributed by atoms with E-state index in [0.717, 1.165) is 5.56 Å². The number of halogens is 1. The SMILES string of the molecule is CC(C)C#CC1(C(C)C)OC(=O)Nc2cc(Cl)ccc21. The summed E-state index contributed by atoms with van der Waals surface area (Å²) in [4.78, 5) is 11.9. The molecule has 0 radical (unpaired) electrons. The summed E-state index contributed by atoms with van der Waals surface area (Å²) in [5.74, 6) is 6.52. The first-order valence-corrected chi connectivity index (χ1v) is 7.05. The van der Waals surface area contributed by atoms with E-state index in [1.807, 2.05) is 33.8 Å². The molecule has 4 heteroatoms. The van der Waals surface area contributed by atoms with Gasteiger partial charge in [-0.15, -0.1) is 0 Å². The molecule has 1 aliphatic rings. The van der Waals surface area contributed by atoms with Crippen molar-refractivity contribution in [1.29, 1.82) is 0 Å². The van der Waals surface area contributed by atoms with E-state index in [1.165, 1.54) is 0 Å². The zero-order valence-corrected chi connectivity index (χ0v) is 12.8. The highest BCUT2D eigenvalue weighted by molar-refractivity contribution is 6.31. The number of carbonyl (C=O) groups is 1. The molecule has 1 amide bonds. The number of anilines is 1. The van der Waals surface area contributed by atoms with Crippen LogP contribution in [0.3, 0.4) is 0 Å². The Kier molecular flexibility index (Phi) is 3.96. The molecule has 1 aliphatic heterocycles. The van der Waals surface area contributed by atoms with Gasteiger partial charge in [-0.2, -0.15) is 0 Å². The number of hydrogen-bond acceptors (Lipinski definition) is 2. The van der Waals surface area contributed by atoms with Crippen molar-refractivity contribution in [1.82, 2.24) is 0 Å². The van der Waals surface area contributed by atoms with Crippen LogP contribution in [0.25, 0.3) is 0 Å². The van der Waals surface area contributed by atoms with Crippen LogP contribution in [0.5, 0.6) is 0 Å². The van der Waals surface area contributed by atoms with Crippen LogP contribution in [0.2, 0.25) is 5.02 Å². The van der Waals surface area contributed by atoms with Crippen molar-refractivity contribution in [2.24, 2.45) is 11.8 Å². The summed E-state index contributed by atoms with van der Waals surface area (Å²) in [6, 6.07) is 5.38. The second kappa shape index (κ2) is 5.38. The Hall–Kier alpha value is -1.66. The van der Waals surface area contributed by atoms with Crippen LogP contribution in [0.1, 0.15) is 33.3 Å². The van der Waals surface area contributed by atoms with Crippen LogP contribution in [-0.2, 0) is 10.3 Å². The number of fused-ring (bicyclic) bond motifs is 1. The molecule has 1 N–H and O–H groups in total. The first-order valence-electron chi connectivity index (χ1n) is 6.68. The van der Waals surface area contributed by atoms with Crippen molar-refractivity contribution in [3.8, 4) is 11.8 Å². The zero-order valence-electron chi connectivity index (χ0n) is 12.1. The van der Waals surface area contributed by atoms with Crippen molar-refractivity contribution < 1.29 is 9.53 Å². The lowest BCUT2D eigenvalue weighted by Crippen LogP contribution is -2.42. The van der Waals surface area contributed by atoms with E-state index < -0.39 is 11.7 Å². The number of carbonyl (C=O) groups excluding carboxylic acids is 1. The Morgan fingerprint density at radius 1 is 1.30 bits per heavy atom. The van der Waals surface area contributed by atoms with Crippen molar-refractivity contribution >= 4 is 23.4 Å². The Morgan fingerprint density at radius 2 is 2.00 bits per heavy atom. The number of benzene rings is 1. The molecule has 2 rings (SSSR count). The first kappa shape index (κ1) is 14.7. The molecule has 1 aromatic rings. The number of nitrogens with one attached hydrogen (secondary N) is 1. The fraction of sp³-hybridized carbons (Fsp3) is 0.438. The zero-order chi connectivity index (χ0) is 14.9. The monoisotopic (exact) mass is 291 g/mol. The lowest BCUT2D eigenvalue weighted by atomic mass is 9.81. The molecule has 0 bridgehead atoms. The predicted octanol–water partition coefficient (Wildman–Crippen LogP) is 4.41. The summed E-state index contributed by atoms with van der Waals surface area (Å²) in [5.41, 5.74) is 0.595. The molecule has 3 nitrogen and oxygen atoms in total. The maximum Gasteiger partial charge on any atom is 0.413 e. The third kappa shape index (κ3) is 2.62. The van der Waals surface area contributed by atoms with Gasteiger partial charge in [-0.1, -0.05) is 51.3 Å². The fourth-order valence-electron chi connectivity index (χ4n) is 2.20. The maximum atomic E-state index is 11.9. The topological polar surface area (TPSA) is 38.3 Å². The predicted molar refractivity (Wildman–Crippen MR) is 80.7 cm³/mol.